The van der Waals surface area contributed by atoms with E-state index in [1.165, 1.54) is 0 Å². The zero-order valence-electron chi connectivity index (χ0n) is 15.2. The van der Waals surface area contributed by atoms with Gasteiger partial charge in [-0.15, -0.1) is 0 Å². The minimum absolute atomic E-state index is 0.180. The van der Waals surface area contributed by atoms with E-state index in [-0.39, 0.29) is 6.03 Å². The van der Waals surface area contributed by atoms with Crippen molar-refractivity contribution in [3.63, 3.8) is 0 Å². The van der Waals surface area contributed by atoms with Crippen LogP contribution in [-0.4, -0.2) is 51.3 Å². The highest BCUT2D eigenvalue weighted by molar-refractivity contribution is 6.36. The van der Waals surface area contributed by atoms with Crippen molar-refractivity contribution in [2.75, 3.05) is 50.6 Å². The Hall–Kier alpha value is -2.31. The molecule has 0 unspecified atom stereocenters. The Morgan fingerprint density at radius 3 is 2.37 bits per heavy atom. The van der Waals surface area contributed by atoms with Crippen LogP contribution >= 0.6 is 23.2 Å². The van der Waals surface area contributed by atoms with Gasteiger partial charge in [0.05, 0.1) is 30.6 Å². The standard InChI is InChI=1S/C19H21Cl2N3O3/c1-26-14-4-6-17(18(12-14)27-2)23-7-9-24(10-8-23)19(25)22-16-5-3-13(20)11-15(16)21/h3-6,11-12H,7-10H2,1-2H3,(H,22,25). The monoisotopic (exact) mass is 409 g/mol. The van der Waals surface area contributed by atoms with Gasteiger partial charge >= 0.3 is 6.03 Å². The fourth-order valence-corrected chi connectivity index (χ4v) is 3.44. The molecule has 1 N–H and O–H groups in total. The summed E-state index contributed by atoms with van der Waals surface area (Å²) in [6, 6.07) is 10.5. The number of carbonyl (C=O) groups is 1. The van der Waals surface area contributed by atoms with Gasteiger partial charge in [0.15, 0.2) is 0 Å². The fourth-order valence-electron chi connectivity index (χ4n) is 2.98. The van der Waals surface area contributed by atoms with Crippen molar-refractivity contribution < 1.29 is 14.3 Å². The molecule has 8 heteroatoms. The van der Waals surface area contributed by atoms with Crippen LogP contribution in [-0.2, 0) is 0 Å². The molecule has 1 heterocycles. The van der Waals surface area contributed by atoms with Crippen molar-refractivity contribution in [3.05, 3.63) is 46.4 Å². The van der Waals surface area contributed by atoms with Crippen LogP contribution in [0.2, 0.25) is 10.0 Å². The van der Waals surface area contributed by atoms with E-state index in [0.29, 0.717) is 41.9 Å². The second-order valence-corrected chi connectivity index (χ2v) is 6.91. The molecule has 1 aliphatic rings. The quantitative estimate of drug-likeness (QED) is 0.814. The highest BCUT2D eigenvalue weighted by Crippen LogP contribution is 2.33. The molecule has 1 aliphatic heterocycles. The Bertz CT molecular complexity index is 824. The van der Waals surface area contributed by atoms with E-state index in [0.717, 1.165) is 17.2 Å². The largest absolute Gasteiger partial charge is 0.497 e. The topological polar surface area (TPSA) is 54.0 Å². The van der Waals surface area contributed by atoms with Gasteiger partial charge in [-0.05, 0) is 30.3 Å². The van der Waals surface area contributed by atoms with Crippen LogP contribution in [0.5, 0.6) is 11.5 Å². The molecule has 2 aromatic carbocycles. The molecule has 0 radical (unpaired) electrons. The van der Waals surface area contributed by atoms with Crippen molar-refractivity contribution in [1.82, 2.24) is 4.90 Å². The Morgan fingerprint density at radius 1 is 1.00 bits per heavy atom. The van der Waals surface area contributed by atoms with Crippen LogP contribution in [0.25, 0.3) is 0 Å². The van der Waals surface area contributed by atoms with E-state index in [9.17, 15) is 4.79 Å². The van der Waals surface area contributed by atoms with E-state index in [1.54, 1.807) is 37.3 Å². The maximum Gasteiger partial charge on any atom is 0.322 e. The SMILES string of the molecule is COc1ccc(N2CCN(C(=O)Nc3ccc(Cl)cc3Cl)CC2)c(OC)c1. The molecule has 0 saturated carbocycles. The van der Waals surface area contributed by atoms with Gasteiger partial charge in [-0.1, -0.05) is 23.2 Å². The van der Waals surface area contributed by atoms with E-state index in [1.807, 2.05) is 18.2 Å². The fraction of sp³-hybridized carbons (Fsp3) is 0.316. The number of methoxy groups -OCH3 is 2. The van der Waals surface area contributed by atoms with Crippen LogP contribution in [0.3, 0.4) is 0 Å². The molecule has 0 aromatic heterocycles. The van der Waals surface area contributed by atoms with Crippen LogP contribution in [0, 0.1) is 0 Å². The van der Waals surface area contributed by atoms with Gasteiger partial charge in [0.1, 0.15) is 11.5 Å². The minimum Gasteiger partial charge on any atom is -0.497 e. The zero-order valence-corrected chi connectivity index (χ0v) is 16.7. The molecule has 2 amide bonds. The van der Waals surface area contributed by atoms with Crippen molar-refractivity contribution in [2.45, 2.75) is 0 Å². The van der Waals surface area contributed by atoms with Gasteiger partial charge < -0.3 is 24.6 Å². The number of ether oxygens (including phenoxy) is 2. The number of anilines is 2. The number of nitrogens with zero attached hydrogens (tertiary/aromatic N) is 2. The highest BCUT2D eigenvalue weighted by Gasteiger charge is 2.23. The summed E-state index contributed by atoms with van der Waals surface area (Å²) in [4.78, 5) is 16.5. The smallest absolute Gasteiger partial charge is 0.322 e. The number of piperazine rings is 1. The summed E-state index contributed by atoms with van der Waals surface area (Å²) in [6.45, 7) is 2.58. The molecule has 0 spiro atoms. The summed E-state index contributed by atoms with van der Waals surface area (Å²) in [7, 11) is 3.26. The van der Waals surface area contributed by atoms with Gasteiger partial charge in [-0.25, -0.2) is 4.79 Å². The molecular weight excluding hydrogens is 389 g/mol. The predicted molar refractivity (Wildman–Crippen MR) is 109 cm³/mol. The van der Waals surface area contributed by atoms with Crippen LogP contribution in [0.15, 0.2) is 36.4 Å². The number of halogens is 2. The van der Waals surface area contributed by atoms with Gasteiger partial charge in [0.25, 0.3) is 0 Å². The first-order chi connectivity index (χ1) is 13.0. The van der Waals surface area contributed by atoms with Gasteiger partial charge in [-0.2, -0.15) is 0 Å². The molecule has 2 aromatic rings. The van der Waals surface area contributed by atoms with Crippen LogP contribution in [0.4, 0.5) is 16.2 Å². The molecule has 1 saturated heterocycles. The third-order valence-electron chi connectivity index (χ3n) is 4.47. The molecule has 3 rings (SSSR count). The summed E-state index contributed by atoms with van der Waals surface area (Å²) in [5.41, 5.74) is 1.53. The lowest BCUT2D eigenvalue weighted by Crippen LogP contribution is -2.50. The maximum atomic E-state index is 12.5. The molecule has 0 atom stereocenters. The number of hydrogen-bond donors (Lipinski definition) is 1. The Kier molecular flexibility index (Phi) is 6.19. The zero-order chi connectivity index (χ0) is 19.4. The molecule has 27 heavy (non-hydrogen) atoms. The third-order valence-corrected chi connectivity index (χ3v) is 5.02. The number of urea groups is 1. The van der Waals surface area contributed by atoms with E-state index in [4.69, 9.17) is 32.7 Å². The number of hydrogen-bond acceptors (Lipinski definition) is 4. The van der Waals surface area contributed by atoms with E-state index in [2.05, 4.69) is 10.2 Å². The second kappa shape index (κ2) is 8.59. The number of nitrogens with one attached hydrogen (secondary N) is 1. The van der Waals surface area contributed by atoms with E-state index >= 15 is 0 Å². The van der Waals surface area contributed by atoms with Crippen molar-refractivity contribution >= 4 is 40.6 Å². The van der Waals surface area contributed by atoms with Crippen molar-refractivity contribution in [2.24, 2.45) is 0 Å². The molecule has 6 nitrogen and oxygen atoms in total. The van der Waals surface area contributed by atoms with Crippen LogP contribution in [0.1, 0.15) is 0 Å². The normalized spacial score (nSPS) is 14.1. The van der Waals surface area contributed by atoms with Crippen molar-refractivity contribution in [3.8, 4) is 11.5 Å². The van der Waals surface area contributed by atoms with E-state index < -0.39 is 0 Å². The predicted octanol–water partition coefficient (Wildman–Crippen LogP) is 4.36. The van der Waals surface area contributed by atoms with Crippen molar-refractivity contribution in [1.29, 1.82) is 0 Å². The highest BCUT2D eigenvalue weighted by atomic mass is 35.5. The summed E-state index contributed by atoms with van der Waals surface area (Å²) >= 11 is 12.0. The first-order valence-corrected chi connectivity index (χ1v) is 9.25. The Balaban J connectivity index is 1.62. The number of carbonyl (C=O) groups excluding carboxylic acids is 1. The summed E-state index contributed by atoms with van der Waals surface area (Å²) in [6.07, 6.45) is 0. The molecule has 144 valence electrons. The lowest BCUT2D eigenvalue weighted by atomic mass is 10.2. The third kappa shape index (κ3) is 4.51. The maximum absolute atomic E-state index is 12.5. The Labute approximate surface area is 168 Å². The average Bonchev–Trinajstić information content (AvgIpc) is 2.69. The number of amides is 2. The first kappa shape index (κ1) is 19.5. The number of benzene rings is 2. The Morgan fingerprint density at radius 2 is 1.74 bits per heavy atom. The molecule has 0 aliphatic carbocycles. The molecular formula is C19H21Cl2N3O3. The van der Waals surface area contributed by atoms with Crippen LogP contribution < -0.4 is 19.7 Å². The molecule has 0 bridgehead atoms. The summed E-state index contributed by atoms with van der Waals surface area (Å²) in [5, 5.41) is 3.78. The average molecular weight is 410 g/mol. The molecule has 1 fully saturated rings. The van der Waals surface area contributed by atoms with Gasteiger partial charge in [0, 0.05) is 37.3 Å². The minimum atomic E-state index is -0.180. The van der Waals surface area contributed by atoms with Gasteiger partial charge in [0.2, 0.25) is 0 Å². The summed E-state index contributed by atoms with van der Waals surface area (Å²) < 4.78 is 10.7. The number of rotatable bonds is 4. The lowest BCUT2D eigenvalue weighted by Gasteiger charge is -2.36. The second-order valence-electron chi connectivity index (χ2n) is 6.07. The first-order valence-electron chi connectivity index (χ1n) is 8.50. The summed E-state index contributed by atoms with van der Waals surface area (Å²) in [5.74, 6) is 1.49. The lowest BCUT2D eigenvalue weighted by molar-refractivity contribution is 0.208. The van der Waals surface area contributed by atoms with Gasteiger partial charge in [-0.3, -0.25) is 0 Å².